The van der Waals surface area contributed by atoms with Crippen molar-refractivity contribution in [3.8, 4) is 0 Å². The second-order valence-corrected chi connectivity index (χ2v) is 7.59. The molecule has 4 aliphatic rings. The third-order valence-electron chi connectivity index (χ3n) is 5.89. The number of rotatable bonds is 7. The van der Waals surface area contributed by atoms with Crippen LogP contribution in [0, 0.1) is 23.2 Å². The summed E-state index contributed by atoms with van der Waals surface area (Å²) in [7, 11) is 0. The Labute approximate surface area is 123 Å². The maximum atomic E-state index is 12.7. The second kappa shape index (κ2) is 5.91. The van der Waals surface area contributed by atoms with Crippen molar-refractivity contribution in [1.29, 1.82) is 0 Å². The average molecular weight is 275 g/mol. The number of allylic oxidation sites excluding steroid dienone is 1. The molecule has 4 fully saturated rings. The fourth-order valence-corrected chi connectivity index (χ4v) is 5.37. The predicted octanol–water partition coefficient (Wildman–Crippen LogP) is 4.07. The summed E-state index contributed by atoms with van der Waals surface area (Å²) in [5.41, 5.74) is 0.0376. The lowest BCUT2D eigenvalue weighted by molar-refractivity contribution is -0.146. The highest BCUT2D eigenvalue weighted by Gasteiger charge is 2.54. The summed E-state index contributed by atoms with van der Waals surface area (Å²) in [6.45, 7) is 4.62. The predicted molar refractivity (Wildman–Crippen MR) is 82.3 cm³/mol. The first kappa shape index (κ1) is 14.2. The van der Waals surface area contributed by atoms with Gasteiger partial charge in [0.2, 0.25) is 5.91 Å². The van der Waals surface area contributed by atoms with Gasteiger partial charge >= 0.3 is 0 Å². The summed E-state index contributed by atoms with van der Waals surface area (Å²) in [5.74, 6) is 2.97. The summed E-state index contributed by atoms with van der Waals surface area (Å²) in [6.07, 6.45) is 14.4. The molecule has 4 saturated carbocycles. The zero-order valence-corrected chi connectivity index (χ0v) is 12.7. The van der Waals surface area contributed by atoms with Crippen LogP contribution in [-0.4, -0.2) is 12.5 Å². The smallest absolute Gasteiger partial charge is 0.226 e. The fourth-order valence-electron chi connectivity index (χ4n) is 5.37. The molecule has 1 N–H and O–H groups in total. The van der Waals surface area contributed by atoms with Crippen molar-refractivity contribution in [2.24, 2.45) is 23.2 Å². The quantitative estimate of drug-likeness (QED) is 0.551. The molecule has 0 aliphatic heterocycles. The molecule has 0 spiro atoms. The molecule has 4 bridgehead atoms. The molecule has 0 atom stereocenters. The van der Waals surface area contributed by atoms with Crippen molar-refractivity contribution in [2.45, 2.75) is 64.2 Å². The molecular formula is C18H29NO. The van der Waals surface area contributed by atoms with Gasteiger partial charge in [-0.15, -0.1) is 6.58 Å². The van der Waals surface area contributed by atoms with Gasteiger partial charge in [-0.25, -0.2) is 0 Å². The molecule has 4 aliphatic carbocycles. The average Bonchev–Trinajstić information content (AvgIpc) is 2.41. The third-order valence-corrected chi connectivity index (χ3v) is 5.89. The van der Waals surface area contributed by atoms with Crippen LogP contribution >= 0.6 is 0 Å². The van der Waals surface area contributed by atoms with Gasteiger partial charge in [0.05, 0.1) is 0 Å². The molecule has 0 saturated heterocycles. The van der Waals surface area contributed by atoms with E-state index >= 15 is 0 Å². The van der Waals surface area contributed by atoms with Crippen LogP contribution < -0.4 is 5.32 Å². The second-order valence-electron chi connectivity index (χ2n) is 7.59. The van der Waals surface area contributed by atoms with Crippen LogP contribution in [0.25, 0.3) is 0 Å². The van der Waals surface area contributed by atoms with Gasteiger partial charge < -0.3 is 5.32 Å². The fraction of sp³-hybridized carbons (Fsp3) is 0.833. The summed E-state index contributed by atoms with van der Waals surface area (Å²) in [6, 6.07) is 0. The van der Waals surface area contributed by atoms with E-state index in [1.807, 2.05) is 6.08 Å². The minimum absolute atomic E-state index is 0.0376. The highest BCUT2D eigenvalue weighted by atomic mass is 16.2. The van der Waals surface area contributed by atoms with Crippen molar-refractivity contribution < 1.29 is 4.79 Å². The standard InChI is InChI=1S/C18H29NO/c1-2-3-4-5-6-7-19-17(20)18-11-14-8-15(12-18)10-16(9-14)13-18/h2,14-16H,1,3-13H2,(H,19,20). The Morgan fingerprint density at radius 3 is 2.20 bits per heavy atom. The highest BCUT2D eigenvalue weighted by Crippen LogP contribution is 2.60. The molecule has 0 aromatic heterocycles. The Balaban J connectivity index is 1.46. The first-order chi connectivity index (χ1) is 9.72. The van der Waals surface area contributed by atoms with Crippen LogP contribution in [0.15, 0.2) is 12.7 Å². The topological polar surface area (TPSA) is 29.1 Å². The molecule has 0 aromatic rings. The van der Waals surface area contributed by atoms with Gasteiger partial charge in [0.25, 0.3) is 0 Å². The van der Waals surface area contributed by atoms with E-state index in [2.05, 4.69) is 11.9 Å². The summed E-state index contributed by atoms with van der Waals surface area (Å²) in [5, 5.41) is 3.25. The van der Waals surface area contributed by atoms with Crippen LogP contribution in [0.5, 0.6) is 0 Å². The number of nitrogens with one attached hydrogen (secondary N) is 1. The van der Waals surface area contributed by atoms with Crippen molar-refractivity contribution in [3.63, 3.8) is 0 Å². The molecule has 0 radical (unpaired) electrons. The summed E-state index contributed by atoms with van der Waals surface area (Å²) < 4.78 is 0. The maximum Gasteiger partial charge on any atom is 0.226 e. The van der Waals surface area contributed by atoms with Gasteiger partial charge in [-0.2, -0.15) is 0 Å². The lowest BCUT2D eigenvalue weighted by Gasteiger charge is -2.55. The molecular weight excluding hydrogens is 246 g/mol. The summed E-state index contributed by atoms with van der Waals surface area (Å²) >= 11 is 0. The Morgan fingerprint density at radius 1 is 1.05 bits per heavy atom. The van der Waals surface area contributed by atoms with Crippen LogP contribution in [0.3, 0.4) is 0 Å². The van der Waals surface area contributed by atoms with Crippen LogP contribution in [-0.2, 0) is 4.79 Å². The molecule has 2 nitrogen and oxygen atoms in total. The SMILES string of the molecule is C=CCCCCCNC(=O)C12CC3CC(CC(C3)C1)C2. The number of amides is 1. The minimum atomic E-state index is 0.0376. The van der Waals surface area contributed by atoms with Gasteiger partial charge in [0.1, 0.15) is 0 Å². The van der Waals surface area contributed by atoms with E-state index in [4.69, 9.17) is 0 Å². The Hall–Kier alpha value is -0.790. The molecule has 112 valence electrons. The normalized spacial score (nSPS) is 37.9. The van der Waals surface area contributed by atoms with E-state index in [1.54, 1.807) is 0 Å². The van der Waals surface area contributed by atoms with E-state index in [9.17, 15) is 4.79 Å². The third kappa shape index (κ3) is 2.80. The number of unbranched alkanes of at least 4 members (excludes halogenated alkanes) is 3. The monoisotopic (exact) mass is 275 g/mol. The van der Waals surface area contributed by atoms with E-state index in [0.29, 0.717) is 5.91 Å². The minimum Gasteiger partial charge on any atom is -0.356 e. The highest BCUT2D eigenvalue weighted by molar-refractivity contribution is 5.83. The van der Waals surface area contributed by atoms with Gasteiger partial charge in [0.15, 0.2) is 0 Å². The Bertz CT molecular complexity index is 338. The first-order valence-corrected chi connectivity index (χ1v) is 8.61. The Morgan fingerprint density at radius 2 is 1.65 bits per heavy atom. The molecule has 0 heterocycles. The molecule has 0 aromatic carbocycles. The maximum absolute atomic E-state index is 12.7. The number of hydrogen-bond acceptors (Lipinski definition) is 1. The largest absolute Gasteiger partial charge is 0.356 e. The zero-order chi connectivity index (χ0) is 14.0. The molecule has 2 heteroatoms. The van der Waals surface area contributed by atoms with Crippen molar-refractivity contribution in [3.05, 3.63) is 12.7 Å². The molecule has 0 unspecified atom stereocenters. The van der Waals surface area contributed by atoms with E-state index in [0.717, 1.165) is 37.1 Å². The summed E-state index contributed by atoms with van der Waals surface area (Å²) in [4.78, 5) is 12.7. The number of carbonyl (C=O) groups excluding carboxylic acids is 1. The molecule has 1 amide bonds. The van der Waals surface area contributed by atoms with Crippen LogP contribution in [0.1, 0.15) is 64.2 Å². The lowest BCUT2D eigenvalue weighted by Crippen LogP contribution is -2.53. The number of hydrogen-bond donors (Lipinski definition) is 1. The Kier molecular flexibility index (Phi) is 4.18. The molecule has 4 rings (SSSR count). The van der Waals surface area contributed by atoms with Crippen molar-refractivity contribution in [2.75, 3.05) is 6.54 Å². The number of carbonyl (C=O) groups is 1. The van der Waals surface area contributed by atoms with Gasteiger partial charge in [-0.3, -0.25) is 4.79 Å². The van der Waals surface area contributed by atoms with Crippen LogP contribution in [0.4, 0.5) is 0 Å². The zero-order valence-electron chi connectivity index (χ0n) is 12.7. The van der Waals surface area contributed by atoms with Crippen LogP contribution in [0.2, 0.25) is 0 Å². The van der Waals surface area contributed by atoms with E-state index in [-0.39, 0.29) is 5.41 Å². The van der Waals surface area contributed by atoms with Gasteiger partial charge in [-0.05, 0) is 75.5 Å². The lowest BCUT2D eigenvalue weighted by atomic mass is 9.49. The first-order valence-electron chi connectivity index (χ1n) is 8.61. The van der Waals surface area contributed by atoms with E-state index < -0.39 is 0 Å². The molecule has 20 heavy (non-hydrogen) atoms. The van der Waals surface area contributed by atoms with Gasteiger partial charge in [-0.1, -0.05) is 12.5 Å². The van der Waals surface area contributed by atoms with Crippen molar-refractivity contribution >= 4 is 5.91 Å². The van der Waals surface area contributed by atoms with Crippen molar-refractivity contribution in [1.82, 2.24) is 5.32 Å². The van der Waals surface area contributed by atoms with Gasteiger partial charge in [0, 0.05) is 12.0 Å². The van der Waals surface area contributed by atoms with E-state index in [1.165, 1.54) is 51.4 Å².